The molecule has 2 N–H and O–H groups in total. The van der Waals surface area contributed by atoms with Gasteiger partial charge in [-0.2, -0.15) is 0 Å². The van der Waals surface area contributed by atoms with Crippen LogP contribution < -0.4 is 16.2 Å². The van der Waals surface area contributed by atoms with Gasteiger partial charge in [0.2, 0.25) is 5.95 Å². The van der Waals surface area contributed by atoms with Gasteiger partial charge in [0.25, 0.3) is 5.56 Å². The van der Waals surface area contributed by atoms with Crippen molar-refractivity contribution in [1.29, 1.82) is 0 Å². The third-order valence-electron chi connectivity index (χ3n) is 4.43. The van der Waals surface area contributed by atoms with Gasteiger partial charge in [-0.25, -0.2) is 4.98 Å². The number of aliphatic imine (C=N–C) groups is 1. The van der Waals surface area contributed by atoms with Crippen LogP contribution in [0, 0.1) is 6.92 Å². The number of rotatable bonds is 3. The summed E-state index contributed by atoms with van der Waals surface area (Å²) in [7, 11) is 0. The van der Waals surface area contributed by atoms with E-state index in [-0.39, 0.29) is 17.8 Å². The average molecular weight is 339 g/mol. The predicted molar refractivity (Wildman–Crippen MR) is 95.8 cm³/mol. The summed E-state index contributed by atoms with van der Waals surface area (Å²) in [6.07, 6.45) is 1.94. The first-order valence-electron chi connectivity index (χ1n) is 8.55. The van der Waals surface area contributed by atoms with Crippen LogP contribution in [-0.4, -0.2) is 34.8 Å². The highest BCUT2D eigenvalue weighted by molar-refractivity contribution is 5.93. The van der Waals surface area contributed by atoms with Crippen LogP contribution in [0.5, 0.6) is 0 Å². The molecule has 1 aromatic carbocycles. The van der Waals surface area contributed by atoms with Crippen molar-refractivity contribution in [3.05, 3.63) is 58.0 Å². The number of hydrogen-bond donors (Lipinski definition) is 2. The lowest BCUT2D eigenvalue weighted by molar-refractivity contribution is 0.117. The highest BCUT2D eigenvalue weighted by Gasteiger charge is 2.26. The number of fused-ring (bicyclic) bond motifs is 1. The maximum absolute atomic E-state index is 12.5. The van der Waals surface area contributed by atoms with Crippen molar-refractivity contribution in [2.24, 2.45) is 4.99 Å². The molecule has 7 heteroatoms. The van der Waals surface area contributed by atoms with Crippen molar-refractivity contribution in [3.63, 3.8) is 0 Å². The molecule has 0 unspecified atom stereocenters. The molecule has 2 atom stereocenters. The SMILES string of the molecule is Cc1cc(=O)n2c(n1)NC(=NC[C@@H]1CCCO1)N[C@H]2c1ccccc1. The Balaban J connectivity index is 1.70. The van der Waals surface area contributed by atoms with E-state index in [0.717, 1.165) is 25.0 Å². The fourth-order valence-corrected chi connectivity index (χ4v) is 3.21. The molecule has 0 amide bonds. The van der Waals surface area contributed by atoms with Gasteiger partial charge in [0.15, 0.2) is 5.96 Å². The molecule has 0 aliphatic carbocycles. The molecule has 0 bridgehead atoms. The van der Waals surface area contributed by atoms with Gasteiger partial charge >= 0.3 is 0 Å². The molecule has 2 aliphatic rings. The van der Waals surface area contributed by atoms with Crippen LogP contribution in [-0.2, 0) is 4.74 Å². The molecule has 1 saturated heterocycles. The second-order valence-electron chi connectivity index (χ2n) is 6.34. The molecule has 7 nitrogen and oxygen atoms in total. The highest BCUT2D eigenvalue weighted by Crippen LogP contribution is 2.21. The second kappa shape index (κ2) is 6.68. The molecule has 0 spiro atoms. The van der Waals surface area contributed by atoms with E-state index >= 15 is 0 Å². The molecule has 0 saturated carbocycles. The maximum Gasteiger partial charge on any atom is 0.257 e. The van der Waals surface area contributed by atoms with Gasteiger partial charge in [-0.05, 0) is 25.3 Å². The number of guanidine groups is 1. The fourth-order valence-electron chi connectivity index (χ4n) is 3.21. The van der Waals surface area contributed by atoms with Crippen LogP contribution in [0.3, 0.4) is 0 Å². The molecule has 4 rings (SSSR count). The lowest BCUT2D eigenvalue weighted by Crippen LogP contribution is -2.48. The molecule has 25 heavy (non-hydrogen) atoms. The van der Waals surface area contributed by atoms with Crippen molar-refractivity contribution in [1.82, 2.24) is 14.9 Å². The Bertz CT molecular complexity index is 840. The maximum atomic E-state index is 12.5. The molecule has 2 aromatic rings. The van der Waals surface area contributed by atoms with Crippen LogP contribution in [0.2, 0.25) is 0 Å². The van der Waals surface area contributed by atoms with Gasteiger partial charge in [0, 0.05) is 18.4 Å². The number of nitrogens with zero attached hydrogens (tertiary/aromatic N) is 3. The van der Waals surface area contributed by atoms with Gasteiger partial charge < -0.3 is 10.1 Å². The fraction of sp³-hybridized carbons (Fsp3) is 0.389. The number of benzene rings is 1. The summed E-state index contributed by atoms with van der Waals surface area (Å²) in [6.45, 7) is 3.21. The summed E-state index contributed by atoms with van der Waals surface area (Å²) >= 11 is 0. The Morgan fingerprint density at radius 3 is 2.96 bits per heavy atom. The molecule has 2 aliphatic heterocycles. The zero-order chi connectivity index (χ0) is 17.2. The molecule has 1 aromatic heterocycles. The minimum atomic E-state index is -0.346. The lowest BCUT2D eigenvalue weighted by atomic mass is 10.1. The number of nitrogens with one attached hydrogen (secondary N) is 2. The van der Waals surface area contributed by atoms with Crippen molar-refractivity contribution in [3.8, 4) is 0 Å². The van der Waals surface area contributed by atoms with E-state index in [0.29, 0.717) is 24.1 Å². The van der Waals surface area contributed by atoms with Gasteiger partial charge in [-0.15, -0.1) is 0 Å². The van der Waals surface area contributed by atoms with Crippen LogP contribution in [0.25, 0.3) is 0 Å². The zero-order valence-electron chi connectivity index (χ0n) is 14.1. The van der Waals surface area contributed by atoms with E-state index in [1.54, 1.807) is 4.57 Å². The van der Waals surface area contributed by atoms with E-state index in [9.17, 15) is 4.79 Å². The normalized spacial score (nSPS) is 23.8. The largest absolute Gasteiger partial charge is 0.376 e. The topological polar surface area (TPSA) is 80.5 Å². The monoisotopic (exact) mass is 339 g/mol. The summed E-state index contributed by atoms with van der Waals surface area (Å²) in [6, 6.07) is 11.4. The standard InChI is InChI=1S/C18H21N5O2/c1-12-10-15(24)23-16(13-6-3-2-4-7-13)21-17(22-18(23)20-12)19-11-14-8-5-9-25-14/h2-4,6-7,10,14,16H,5,8-9,11H2,1H3,(H2,19,20,21,22)/t14-,16+/m0/s1. The van der Waals surface area contributed by atoms with Crippen molar-refractivity contribution in [2.75, 3.05) is 18.5 Å². The smallest absolute Gasteiger partial charge is 0.257 e. The summed E-state index contributed by atoms with van der Waals surface area (Å²) in [5, 5.41) is 6.45. The molecule has 0 radical (unpaired) electrons. The Morgan fingerprint density at radius 2 is 2.20 bits per heavy atom. The Kier molecular flexibility index (Phi) is 4.23. The summed E-state index contributed by atoms with van der Waals surface area (Å²) in [5.74, 6) is 1.12. The van der Waals surface area contributed by atoms with E-state index in [1.165, 1.54) is 6.07 Å². The van der Waals surface area contributed by atoms with Gasteiger partial charge in [0.05, 0.1) is 12.6 Å². The van der Waals surface area contributed by atoms with Crippen LogP contribution >= 0.6 is 0 Å². The Morgan fingerprint density at radius 1 is 1.36 bits per heavy atom. The van der Waals surface area contributed by atoms with E-state index in [4.69, 9.17) is 4.74 Å². The molecule has 1 fully saturated rings. The average Bonchev–Trinajstić information content (AvgIpc) is 3.13. The number of aromatic nitrogens is 2. The minimum absolute atomic E-state index is 0.102. The number of ether oxygens (including phenoxy) is 1. The first-order chi connectivity index (χ1) is 12.2. The van der Waals surface area contributed by atoms with Gasteiger partial charge in [-0.3, -0.25) is 19.7 Å². The first-order valence-corrected chi connectivity index (χ1v) is 8.55. The zero-order valence-corrected chi connectivity index (χ0v) is 14.1. The third-order valence-corrected chi connectivity index (χ3v) is 4.43. The molecular weight excluding hydrogens is 318 g/mol. The lowest BCUT2D eigenvalue weighted by Gasteiger charge is -2.31. The van der Waals surface area contributed by atoms with Gasteiger partial charge in [0.1, 0.15) is 6.17 Å². The number of hydrogen-bond acceptors (Lipinski definition) is 4. The highest BCUT2D eigenvalue weighted by atomic mass is 16.5. The summed E-state index contributed by atoms with van der Waals surface area (Å²) in [5.41, 5.74) is 1.55. The van der Waals surface area contributed by atoms with Crippen LogP contribution in [0.15, 0.2) is 46.2 Å². The predicted octanol–water partition coefficient (Wildman–Crippen LogP) is 1.65. The van der Waals surface area contributed by atoms with Crippen LogP contribution in [0.4, 0.5) is 5.95 Å². The van der Waals surface area contributed by atoms with E-state index in [2.05, 4.69) is 20.6 Å². The van der Waals surface area contributed by atoms with Crippen LogP contribution in [0.1, 0.15) is 30.3 Å². The second-order valence-corrected chi connectivity index (χ2v) is 6.34. The number of anilines is 1. The molecular formula is C18H21N5O2. The van der Waals surface area contributed by atoms with Crippen molar-refractivity contribution in [2.45, 2.75) is 32.0 Å². The quantitative estimate of drug-likeness (QED) is 0.889. The Labute approximate surface area is 145 Å². The first kappa shape index (κ1) is 15.8. The van der Waals surface area contributed by atoms with Crippen molar-refractivity contribution < 1.29 is 4.74 Å². The summed E-state index contributed by atoms with van der Waals surface area (Å²) < 4.78 is 7.25. The summed E-state index contributed by atoms with van der Waals surface area (Å²) in [4.78, 5) is 21.6. The molecule has 3 heterocycles. The van der Waals surface area contributed by atoms with E-state index < -0.39 is 0 Å². The van der Waals surface area contributed by atoms with E-state index in [1.807, 2.05) is 37.3 Å². The molecule has 130 valence electrons. The Hall–Kier alpha value is -2.67. The van der Waals surface area contributed by atoms with Crippen molar-refractivity contribution >= 4 is 11.9 Å². The third kappa shape index (κ3) is 3.28. The van der Waals surface area contributed by atoms with Gasteiger partial charge in [-0.1, -0.05) is 30.3 Å². The minimum Gasteiger partial charge on any atom is -0.376 e. The number of aryl methyl sites for hydroxylation is 1.